The second-order valence-corrected chi connectivity index (χ2v) is 8.51. The van der Waals surface area contributed by atoms with Gasteiger partial charge in [0.1, 0.15) is 5.75 Å². The standard InChI is InChI=1S/C22H25F3N4O4/c1-12-6-16(7-13(2)32-12)29-18(14-4-3-5-17(8-14)33-22(23,24)25)10-19(28-29)27-21(31)15-9-20(30)26-11-15/h3-5,8,10,12-13,15-16H,6-7,9,11H2,1-2H3,(H,26,30)(H,27,28,31)/t12-,13+,15-,16-/m1/s1. The van der Waals surface area contributed by atoms with E-state index in [4.69, 9.17) is 4.74 Å². The summed E-state index contributed by atoms with van der Waals surface area (Å²) in [6.07, 6.45) is -3.44. The van der Waals surface area contributed by atoms with Crippen molar-refractivity contribution in [1.29, 1.82) is 0 Å². The molecule has 2 fully saturated rings. The van der Waals surface area contributed by atoms with Gasteiger partial charge in [-0.2, -0.15) is 5.10 Å². The van der Waals surface area contributed by atoms with Crippen molar-refractivity contribution < 1.29 is 32.2 Å². The second-order valence-electron chi connectivity index (χ2n) is 8.51. The maximum Gasteiger partial charge on any atom is 0.573 e. The highest BCUT2D eigenvalue weighted by Crippen LogP contribution is 2.35. The van der Waals surface area contributed by atoms with Gasteiger partial charge in [0.05, 0.1) is 29.9 Å². The van der Waals surface area contributed by atoms with Gasteiger partial charge in [-0.15, -0.1) is 13.2 Å². The van der Waals surface area contributed by atoms with Crippen molar-refractivity contribution in [2.75, 3.05) is 11.9 Å². The molecular weight excluding hydrogens is 441 g/mol. The number of alkyl halides is 3. The third kappa shape index (κ3) is 5.65. The zero-order valence-electron chi connectivity index (χ0n) is 18.2. The molecule has 8 nitrogen and oxygen atoms in total. The zero-order chi connectivity index (χ0) is 23.8. The summed E-state index contributed by atoms with van der Waals surface area (Å²) >= 11 is 0. The van der Waals surface area contributed by atoms with Gasteiger partial charge in [-0.3, -0.25) is 14.3 Å². The van der Waals surface area contributed by atoms with E-state index in [1.807, 2.05) is 13.8 Å². The molecule has 178 valence electrons. The van der Waals surface area contributed by atoms with Crippen molar-refractivity contribution in [2.45, 2.75) is 57.7 Å². The largest absolute Gasteiger partial charge is 0.573 e. The molecule has 2 aliphatic rings. The Balaban J connectivity index is 1.66. The lowest BCUT2D eigenvalue weighted by Gasteiger charge is -2.33. The Morgan fingerprint density at radius 1 is 1.24 bits per heavy atom. The van der Waals surface area contributed by atoms with Gasteiger partial charge in [-0.25, -0.2) is 0 Å². The van der Waals surface area contributed by atoms with Crippen LogP contribution in [0.25, 0.3) is 11.3 Å². The van der Waals surface area contributed by atoms with Gasteiger partial charge in [0.2, 0.25) is 11.8 Å². The molecule has 4 rings (SSSR count). The highest BCUT2D eigenvalue weighted by molar-refractivity contribution is 5.96. The van der Waals surface area contributed by atoms with Crippen LogP contribution in [0.3, 0.4) is 0 Å². The molecule has 0 saturated carbocycles. The van der Waals surface area contributed by atoms with Crippen LogP contribution >= 0.6 is 0 Å². The molecule has 1 aromatic carbocycles. The molecule has 4 atom stereocenters. The van der Waals surface area contributed by atoms with E-state index in [0.717, 1.165) is 0 Å². The molecule has 0 aliphatic carbocycles. The fourth-order valence-corrected chi connectivity index (χ4v) is 4.39. The number of nitrogens with zero attached hydrogens (tertiary/aromatic N) is 2. The summed E-state index contributed by atoms with van der Waals surface area (Å²) in [5.41, 5.74) is 1.01. The van der Waals surface area contributed by atoms with E-state index in [9.17, 15) is 22.8 Å². The molecule has 2 amide bonds. The maximum atomic E-state index is 12.7. The minimum Gasteiger partial charge on any atom is -0.406 e. The van der Waals surface area contributed by atoms with Crippen LogP contribution in [-0.4, -0.2) is 46.7 Å². The van der Waals surface area contributed by atoms with E-state index in [0.29, 0.717) is 24.1 Å². The topological polar surface area (TPSA) is 94.5 Å². The number of nitrogens with one attached hydrogen (secondary N) is 2. The van der Waals surface area contributed by atoms with E-state index < -0.39 is 12.3 Å². The van der Waals surface area contributed by atoms with Crippen molar-refractivity contribution in [3.63, 3.8) is 0 Å². The Morgan fingerprint density at radius 3 is 2.61 bits per heavy atom. The van der Waals surface area contributed by atoms with Crippen LogP contribution in [0, 0.1) is 5.92 Å². The molecule has 0 bridgehead atoms. The fraction of sp³-hybridized carbons (Fsp3) is 0.500. The predicted octanol–water partition coefficient (Wildman–Crippen LogP) is 3.65. The first kappa shape index (κ1) is 23.1. The molecule has 2 aliphatic heterocycles. The number of carbonyl (C=O) groups excluding carboxylic acids is 2. The summed E-state index contributed by atoms with van der Waals surface area (Å²) in [5, 5.41) is 9.94. The van der Waals surface area contributed by atoms with Gasteiger partial charge in [0.25, 0.3) is 0 Å². The van der Waals surface area contributed by atoms with Gasteiger partial charge in [-0.1, -0.05) is 12.1 Å². The number of rotatable bonds is 5. The Morgan fingerprint density at radius 2 is 1.97 bits per heavy atom. The van der Waals surface area contributed by atoms with E-state index in [1.165, 1.54) is 18.2 Å². The van der Waals surface area contributed by atoms with Gasteiger partial charge >= 0.3 is 6.36 Å². The number of benzene rings is 1. The van der Waals surface area contributed by atoms with E-state index >= 15 is 0 Å². The number of anilines is 1. The Bertz CT molecular complexity index is 1030. The average Bonchev–Trinajstić information content (AvgIpc) is 3.32. The molecule has 2 aromatic rings. The molecule has 2 saturated heterocycles. The van der Waals surface area contributed by atoms with Gasteiger partial charge < -0.3 is 20.1 Å². The monoisotopic (exact) mass is 466 g/mol. The van der Waals surface area contributed by atoms with Crippen LogP contribution < -0.4 is 15.4 Å². The number of carbonyl (C=O) groups is 2. The molecule has 11 heteroatoms. The van der Waals surface area contributed by atoms with E-state index in [-0.39, 0.29) is 54.6 Å². The molecule has 1 aromatic heterocycles. The molecule has 2 N–H and O–H groups in total. The number of ether oxygens (including phenoxy) is 2. The molecule has 0 unspecified atom stereocenters. The summed E-state index contributed by atoms with van der Waals surface area (Å²) in [5.74, 6) is -1.11. The number of aromatic nitrogens is 2. The molecule has 0 spiro atoms. The zero-order valence-corrected chi connectivity index (χ0v) is 18.2. The van der Waals surface area contributed by atoms with Crippen LogP contribution in [0.1, 0.15) is 39.2 Å². The Labute approximate surface area is 188 Å². The summed E-state index contributed by atoms with van der Waals surface area (Å²) in [7, 11) is 0. The van der Waals surface area contributed by atoms with Crippen LogP contribution in [-0.2, 0) is 14.3 Å². The fourth-order valence-electron chi connectivity index (χ4n) is 4.39. The molecule has 0 radical (unpaired) electrons. The van der Waals surface area contributed by atoms with Gasteiger partial charge in [0, 0.05) is 24.6 Å². The molecule has 33 heavy (non-hydrogen) atoms. The summed E-state index contributed by atoms with van der Waals surface area (Å²) in [4.78, 5) is 24.0. The smallest absolute Gasteiger partial charge is 0.406 e. The third-order valence-electron chi connectivity index (χ3n) is 5.72. The predicted molar refractivity (Wildman–Crippen MR) is 112 cm³/mol. The lowest BCUT2D eigenvalue weighted by molar-refractivity contribution is -0.274. The van der Waals surface area contributed by atoms with Crippen molar-refractivity contribution in [1.82, 2.24) is 15.1 Å². The van der Waals surface area contributed by atoms with E-state index in [1.54, 1.807) is 16.8 Å². The summed E-state index contributed by atoms with van der Waals surface area (Å²) in [6, 6.07) is 7.19. The number of hydrogen-bond donors (Lipinski definition) is 2. The Kier molecular flexibility index (Phi) is 6.33. The summed E-state index contributed by atoms with van der Waals surface area (Å²) < 4.78 is 49.8. The highest BCUT2D eigenvalue weighted by atomic mass is 19.4. The first-order valence-electron chi connectivity index (χ1n) is 10.8. The number of amides is 2. The van der Waals surface area contributed by atoms with Gasteiger partial charge in [0.15, 0.2) is 5.82 Å². The third-order valence-corrected chi connectivity index (χ3v) is 5.72. The summed E-state index contributed by atoms with van der Waals surface area (Å²) in [6.45, 7) is 4.16. The SMILES string of the molecule is C[C@@H]1C[C@@H](n2nc(NC(=O)[C@H]3CNC(=O)C3)cc2-c2cccc(OC(F)(F)F)c2)C[C@H](C)O1. The number of halogens is 3. The quantitative estimate of drug-likeness (QED) is 0.702. The van der Waals surface area contributed by atoms with Gasteiger partial charge in [-0.05, 0) is 38.8 Å². The normalized spacial score (nSPS) is 25.5. The first-order chi connectivity index (χ1) is 15.6. The average molecular weight is 466 g/mol. The van der Waals surface area contributed by atoms with Crippen LogP contribution in [0.15, 0.2) is 30.3 Å². The highest BCUT2D eigenvalue weighted by Gasteiger charge is 2.33. The first-order valence-corrected chi connectivity index (χ1v) is 10.8. The van der Waals surface area contributed by atoms with Crippen LogP contribution in [0.4, 0.5) is 19.0 Å². The van der Waals surface area contributed by atoms with Crippen molar-refractivity contribution in [2.24, 2.45) is 5.92 Å². The van der Waals surface area contributed by atoms with Crippen LogP contribution in [0.2, 0.25) is 0 Å². The maximum absolute atomic E-state index is 12.7. The van der Waals surface area contributed by atoms with E-state index in [2.05, 4.69) is 20.5 Å². The van der Waals surface area contributed by atoms with Crippen molar-refractivity contribution >= 4 is 17.6 Å². The lowest BCUT2D eigenvalue weighted by Crippen LogP contribution is -2.31. The molecule has 3 heterocycles. The van der Waals surface area contributed by atoms with Crippen molar-refractivity contribution in [3.8, 4) is 17.0 Å². The minimum atomic E-state index is -4.81. The number of hydrogen-bond acceptors (Lipinski definition) is 5. The molecular formula is C22H25F3N4O4. The Hall–Kier alpha value is -3.08. The second kappa shape index (κ2) is 9.05. The van der Waals surface area contributed by atoms with Crippen LogP contribution in [0.5, 0.6) is 5.75 Å². The van der Waals surface area contributed by atoms with Crippen molar-refractivity contribution in [3.05, 3.63) is 30.3 Å². The minimum absolute atomic E-state index is 0.0238. The lowest BCUT2D eigenvalue weighted by atomic mass is 9.99.